The molecule has 24 bridgehead atoms. The quantitative estimate of drug-likeness (QED) is 0.0330. The van der Waals surface area contributed by atoms with Gasteiger partial charge in [-0.1, -0.05) is 233 Å². The lowest BCUT2D eigenvalue weighted by Gasteiger charge is -2.22. The molecule has 744 valence electrons. The van der Waals surface area contributed by atoms with E-state index in [4.69, 9.17) is 85.3 Å². The summed E-state index contributed by atoms with van der Waals surface area (Å²) in [5, 5.41) is 11.9. The molecule has 0 aromatic heterocycles. The van der Waals surface area contributed by atoms with E-state index in [9.17, 15) is 0 Å². The van der Waals surface area contributed by atoms with E-state index in [-0.39, 0.29) is 79.3 Å². The fraction of sp³-hybridized carbons (Fsp3) is 0.500. The minimum atomic E-state index is 0.227. The second kappa shape index (κ2) is 56.7. The maximum atomic E-state index is 7.22. The van der Waals surface area contributed by atoms with Crippen LogP contribution in [-0.2, 0) is 108 Å². The largest absolute Gasteiger partial charge is 0.493 e. The van der Waals surface area contributed by atoms with Crippen molar-refractivity contribution in [1.82, 2.24) is 0 Å². The van der Waals surface area contributed by atoms with Crippen molar-refractivity contribution in [1.29, 1.82) is 0 Å². The molecular weight excluding hydrogens is 1730 g/mol. The summed E-state index contributed by atoms with van der Waals surface area (Å²) in [5.41, 5.74) is 11.2. The zero-order valence-electron chi connectivity index (χ0n) is 85.1. The molecule has 0 aliphatic carbocycles. The molecule has 0 unspecified atom stereocenters. The van der Waals surface area contributed by atoms with Gasteiger partial charge >= 0.3 is 0 Å². The van der Waals surface area contributed by atoms with Gasteiger partial charge in [-0.25, -0.2) is 0 Å². The van der Waals surface area contributed by atoms with Crippen LogP contribution in [0.2, 0.25) is 0 Å². The summed E-state index contributed by atoms with van der Waals surface area (Å²) in [6.45, 7) is 35.6. The van der Waals surface area contributed by atoms with Crippen molar-refractivity contribution in [3.05, 3.63) is 212 Å². The van der Waals surface area contributed by atoms with Crippen molar-refractivity contribution in [3.63, 3.8) is 0 Å². The molecular formula is C120H156O18. The van der Waals surface area contributed by atoms with Crippen molar-refractivity contribution < 1.29 is 85.3 Å². The molecule has 13 rings (SSSR count). The highest BCUT2D eigenvalue weighted by molar-refractivity contribution is 5.97. The molecule has 0 spiro atoms. The van der Waals surface area contributed by atoms with Gasteiger partial charge in [-0.3, -0.25) is 0 Å². The predicted molar refractivity (Wildman–Crippen MR) is 559 cm³/mol. The Balaban J connectivity index is 0.978. The summed E-state index contributed by atoms with van der Waals surface area (Å²) in [6, 6.07) is 51.4. The molecule has 18 heteroatoms. The molecule has 0 fully saturated rings. The first kappa shape index (κ1) is 105. The second-order valence-corrected chi connectivity index (χ2v) is 36.5. The molecule has 1 aliphatic rings. The molecule has 12 aromatic rings. The standard InChI is InChI=1S/C120H156O18/c1-13-25-61-127-109-49-37-86-85-38-50-110(128-62-26-14-2)98(86)75-122-76-100-89-41-54-114(132-66-30-18-6)102(90(89)42-53-113(100)131-65-29-17-5)79-124-80-104-93-45-58-118(136-70-34-22-10)106(94(93)46-57-117(104)135-69-33-21-9)83-126-84-108-96-48-59-119(137-71-35-23-11)107(95(96)47-60-120(108)138-72-36-24-12)82-125-81-105-92-44-55-115(133-67-31-19-7)103(91(92)43-56-116(105)134-68-32-20-8)78-123-77-101-88-40-51-111(129-63-27-15-3)99(74-121-73-97(85)109)87(88)39-52-112(101)130-64-28-16-4/h37-60H,13-36,61-84H2,1-12H3. The van der Waals surface area contributed by atoms with Crippen molar-refractivity contribution in [3.8, 4) is 69.0 Å². The van der Waals surface area contributed by atoms with E-state index in [1.54, 1.807) is 0 Å². The zero-order valence-corrected chi connectivity index (χ0v) is 85.1. The number of hydrogen-bond donors (Lipinski definition) is 0. The van der Waals surface area contributed by atoms with Crippen LogP contribution in [0.5, 0.6) is 69.0 Å². The fourth-order valence-electron chi connectivity index (χ4n) is 17.8. The Labute approximate surface area is 822 Å². The second-order valence-electron chi connectivity index (χ2n) is 36.5. The van der Waals surface area contributed by atoms with Crippen LogP contribution in [0, 0.1) is 0 Å². The maximum Gasteiger partial charge on any atom is 0.125 e. The van der Waals surface area contributed by atoms with Crippen LogP contribution >= 0.6 is 0 Å². The highest BCUT2D eigenvalue weighted by Gasteiger charge is 2.27. The Hall–Kier alpha value is -10.4. The Morgan fingerprint density at radius 2 is 0.210 bits per heavy atom. The summed E-state index contributed by atoms with van der Waals surface area (Å²) < 4.78 is 125. The number of hydrogen-bond acceptors (Lipinski definition) is 18. The molecule has 0 amide bonds. The first-order chi connectivity index (χ1) is 68.1. The summed E-state index contributed by atoms with van der Waals surface area (Å²) in [4.78, 5) is 0. The molecule has 0 saturated heterocycles. The van der Waals surface area contributed by atoms with Crippen LogP contribution in [0.4, 0.5) is 0 Å². The molecule has 0 radical (unpaired) electrons. The summed E-state index contributed by atoms with van der Waals surface area (Å²) in [7, 11) is 0. The van der Waals surface area contributed by atoms with Crippen LogP contribution in [-0.4, -0.2) is 79.3 Å². The van der Waals surface area contributed by atoms with Gasteiger partial charge < -0.3 is 85.3 Å². The Morgan fingerprint density at radius 1 is 0.130 bits per heavy atom. The molecule has 138 heavy (non-hydrogen) atoms. The molecule has 0 atom stereocenters. The van der Waals surface area contributed by atoms with E-state index in [0.29, 0.717) is 79.3 Å². The van der Waals surface area contributed by atoms with Crippen LogP contribution in [0.15, 0.2) is 146 Å². The normalized spacial score (nSPS) is 13.3. The lowest BCUT2D eigenvalue weighted by Crippen LogP contribution is -2.08. The van der Waals surface area contributed by atoms with Gasteiger partial charge in [0.05, 0.1) is 159 Å². The average molecular weight is 1890 g/mol. The SMILES string of the molecule is CCCCOc1ccc2c3c(OCCCC)ccc2c1COCc1c(OCCCC)ccc2c(c(OCCCC)ccc12)COCc1c(OCCCC)ccc2c(c(OCCCC)ccc12)COCc1c(OCCCC)ccc2c(c(OCCCC)ccc12)COCc1c(OCCCC)ccc2c(c(OCCCC)ccc12)COCc1c(OCCCC)ccc2c(c(OCCCC)ccc12)COC3. The highest BCUT2D eigenvalue weighted by atomic mass is 16.5. The van der Waals surface area contributed by atoms with Crippen molar-refractivity contribution in [2.75, 3.05) is 79.3 Å². The Kier molecular flexibility index (Phi) is 43.1. The summed E-state index contributed by atoms with van der Waals surface area (Å²) in [5.74, 6) is 9.23. The lowest BCUT2D eigenvalue weighted by molar-refractivity contribution is 0.102. The third-order valence-corrected chi connectivity index (χ3v) is 26.1. The van der Waals surface area contributed by atoms with E-state index in [0.717, 1.165) is 354 Å². The number of unbranched alkanes of at least 4 members (excludes halogenated alkanes) is 12. The van der Waals surface area contributed by atoms with Crippen molar-refractivity contribution >= 4 is 64.6 Å². The Bertz CT molecular complexity index is 4550. The zero-order chi connectivity index (χ0) is 96.4. The topological polar surface area (TPSA) is 166 Å². The highest BCUT2D eigenvalue weighted by Crippen LogP contribution is 2.46. The van der Waals surface area contributed by atoms with E-state index in [2.05, 4.69) is 229 Å². The first-order valence-corrected chi connectivity index (χ1v) is 52.5. The van der Waals surface area contributed by atoms with Gasteiger partial charge in [0, 0.05) is 66.8 Å². The molecule has 12 aromatic carbocycles. The average Bonchev–Trinajstić information content (AvgIpc) is 0.776. The predicted octanol–water partition coefficient (Wildman–Crippen LogP) is 31.4. The minimum absolute atomic E-state index is 0.227. The molecule has 1 heterocycles. The van der Waals surface area contributed by atoms with Gasteiger partial charge in [-0.2, -0.15) is 0 Å². The van der Waals surface area contributed by atoms with Gasteiger partial charge in [0.2, 0.25) is 0 Å². The van der Waals surface area contributed by atoms with E-state index in [1.165, 1.54) is 0 Å². The van der Waals surface area contributed by atoms with E-state index < -0.39 is 0 Å². The van der Waals surface area contributed by atoms with Crippen LogP contribution in [0.25, 0.3) is 64.6 Å². The third kappa shape index (κ3) is 27.6. The monoisotopic (exact) mass is 1890 g/mol. The van der Waals surface area contributed by atoms with Crippen LogP contribution < -0.4 is 56.8 Å². The summed E-state index contributed by atoms with van der Waals surface area (Å²) in [6.07, 6.45) is 22.5. The van der Waals surface area contributed by atoms with Gasteiger partial charge in [0.25, 0.3) is 0 Å². The fourth-order valence-corrected chi connectivity index (χ4v) is 17.8. The van der Waals surface area contributed by atoms with E-state index >= 15 is 0 Å². The van der Waals surface area contributed by atoms with Gasteiger partial charge in [-0.05, 0) is 214 Å². The Morgan fingerprint density at radius 3 is 0.283 bits per heavy atom. The molecule has 1 aliphatic heterocycles. The lowest BCUT2D eigenvalue weighted by atomic mass is 9.97. The van der Waals surface area contributed by atoms with Gasteiger partial charge in [0.1, 0.15) is 69.0 Å². The molecule has 0 saturated carbocycles. The number of rotatable bonds is 48. The van der Waals surface area contributed by atoms with E-state index in [1.807, 2.05) is 0 Å². The molecule has 0 N–H and O–H groups in total. The smallest absolute Gasteiger partial charge is 0.125 e. The summed E-state index contributed by atoms with van der Waals surface area (Å²) >= 11 is 0. The number of ether oxygens (including phenoxy) is 18. The minimum Gasteiger partial charge on any atom is -0.493 e. The maximum absolute atomic E-state index is 7.22. The van der Waals surface area contributed by atoms with Crippen molar-refractivity contribution in [2.24, 2.45) is 0 Å². The van der Waals surface area contributed by atoms with Gasteiger partial charge in [0.15, 0.2) is 0 Å². The van der Waals surface area contributed by atoms with Gasteiger partial charge in [-0.15, -0.1) is 0 Å². The third-order valence-electron chi connectivity index (χ3n) is 26.1. The first-order valence-electron chi connectivity index (χ1n) is 52.5. The van der Waals surface area contributed by atoms with Crippen LogP contribution in [0.1, 0.15) is 304 Å². The van der Waals surface area contributed by atoms with Crippen LogP contribution in [0.3, 0.4) is 0 Å². The van der Waals surface area contributed by atoms with Crippen molar-refractivity contribution in [2.45, 2.75) is 316 Å². The molecule has 18 nitrogen and oxygen atoms in total. The number of benzene rings is 12.